The summed E-state index contributed by atoms with van der Waals surface area (Å²) in [4.78, 5) is 43.4. The van der Waals surface area contributed by atoms with Gasteiger partial charge in [0.25, 0.3) is 0 Å². The Morgan fingerprint density at radius 1 is 1.09 bits per heavy atom. The number of carbonyl (C=O) groups is 2. The third-order valence-corrected chi connectivity index (χ3v) is 5.81. The van der Waals surface area contributed by atoms with Gasteiger partial charge in [0, 0.05) is 50.2 Å². The maximum Gasteiger partial charge on any atom is 0.321 e. The Labute approximate surface area is 197 Å². The number of guanidine groups is 1. The van der Waals surface area contributed by atoms with E-state index in [1.807, 2.05) is 4.90 Å². The van der Waals surface area contributed by atoms with E-state index in [0.29, 0.717) is 55.1 Å². The Morgan fingerprint density at radius 3 is 2.44 bits per heavy atom. The van der Waals surface area contributed by atoms with Crippen LogP contribution in [0.15, 0.2) is 41.7 Å². The second kappa shape index (κ2) is 10.4. The number of nitrogens with one attached hydrogen (secondary N) is 1. The van der Waals surface area contributed by atoms with Gasteiger partial charge in [0.2, 0.25) is 17.8 Å². The van der Waals surface area contributed by atoms with Crippen molar-refractivity contribution in [1.29, 1.82) is 0 Å². The molecule has 2 aliphatic rings. The van der Waals surface area contributed by atoms with Crippen LogP contribution in [0.3, 0.4) is 0 Å². The molecule has 1 fully saturated rings. The third kappa shape index (κ3) is 4.73. The molecule has 1 amide bonds. The van der Waals surface area contributed by atoms with Crippen LogP contribution >= 0.6 is 0 Å². The second-order valence-corrected chi connectivity index (χ2v) is 7.75. The topological polar surface area (TPSA) is 118 Å². The van der Waals surface area contributed by atoms with E-state index < -0.39 is 23.8 Å². The predicted molar refractivity (Wildman–Crippen MR) is 124 cm³/mol. The van der Waals surface area contributed by atoms with Crippen molar-refractivity contribution in [3.05, 3.63) is 42.2 Å². The summed E-state index contributed by atoms with van der Waals surface area (Å²) in [6, 6.07) is 6.19. The summed E-state index contributed by atoms with van der Waals surface area (Å²) in [5, 5.41) is 2.81. The number of aromatic nitrogens is 2. The van der Waals surface area contributed by atoms with Crippen molar-refractivity contribution >= 4 is 23.8 Å². The van der Waals surface area contributed by atoms with Gasteiger partial charge in [-0.25, -0.2) is 15.0 Å². The lowest BCUT2D eigenvalue weighted by atomic mass is 9.90. The van der Waals surface area contributed by atoms with Crippen LogP contribution < -0.4 is 19.7 Å². The van der Waals surface area contributed by atoms with Crippen molar-refractivity contribution in [2.45, 2.75) is 13.0 Å². The monoisotopic (exact) mass is 468 g/mol. The molecule has 1 N–H and O–H groups in total. The minimum Gasteiger partial charge on any atom is -0.497 e. The van der Waals surface area contributed by atoms with Crippen molar-refractivity contribution in [2.75, 3.05) is 51.9 Å². The molecule has 2 unspecified atom stereocenters. The number of nitrogens with zero attached hydrogens (tertiary/aromatic N) is 5. The van der Waals surface area contributed by atoms with Gasteiger partial charge in [-0.05, 0) is 25.1 Å². The van der Waals surface area contributed by atoms with E-state index in [0.717, 1.165) is 0 Å². The standard InChI is InChI=1S/C23H28N6O5/c1-4-34-21(31)18-19(16-7-6-15(32-2)14-17(16)33-3)26-23(27-20(18)30)29-12-10-28(11-13-29)22-24-8-5-9-25-22/h5-9,14,18-19H,4,10-13H2,1-3H3,(H,26,27,30). The zero-order chi connectivity index (χ0) is 24.1. The molecule has 2 atom stereocenters. The highest BCUT2D eigenvalue weighted by Gasteiger charge is 2.43. The SMILES string of the molecule is CCOC(=O)C1C(=O)NC(N2CCN(c3ncccn3)CC2)=NC1c1ccc(OC)cc1OC. The first kappa shape index (κ1) is 23.3. The molecule has 0 bridgehead atoms. The quantitative estimate of drug-likeness (QED) is 0.490. The third-order valence-electron chi connectivity index (χ3n) is 5.81. The summed E-state index contributed by atoms with van der Waals surface area (Å²) in [5.41, 5.74) is 0.602. The van der Waals surface area contributed by atoms with Gasteiger partial charge in [-0.2, -0.15) is 0 Å². The Morgan fingerprint density at radius 2 is 1.79 bits per heavy atom. The van der Waals surface area contributed by atoms with Gasteiger partial charge < -0.3 is 24.0 Å². The highest BCUT2D eigenvalue weighted by Crippen LogP contribution is 2.38. The summed E-state index contributed by atoms with van der Waals surface area (Å²) < 4.78 is 16.0. The molecule has 4 rings (SSSR count). The van der Waals surface area contributed by atoms with E-state index in [2.05, 4.69) is 20.2 Å². The van der Waals surface area contributed by atoms with Crippen molar-refractivity contribution in [1.82, 2.24) is 20.2 Å². The Hall–Kier alpha value is -3.89. The number of methoxy groups -OCH3 is 2. The van der Waals surface area contributed by atoms with Gasteiger partial charge in [-0.1, -0.05) is 0 Å². The van der Waals surface area contributed by atoms with Crippen molar-refractivity contribution in [3.63, 3.8) is 0 Å². The number of esters is 1. The van der Waals surface area contributed by atoms with Gasteiger partial charge in [-0.3, -0.25) is 14.9 Å². The van der Waals surface area contributed by atoms with E-state index >= 15 is 0 Å². The smallest absolute Gasteiger partial charge is 0.321 e. The number of piperazine rings is 1. The molecular weight excluding hydrogens is 440 g/mol. The molecule has 1 aromatic carbocycles. The number of rotatable bonds is 6. The minimum atomic E-state index is -1.13. The maximum absolute atomic E-state index is 13.1. The van der Waals surface area contributed by atoms with Gasteiger partial charge in [0.1, 0.15) is 17.5 Å². The molecule has 34 heavy (non-hydrogen) atoms. The largest absolute Gasteiger partial charge is 0.497 e. The Bertz CT molecular complexity index is 1060. The van der Waals surface area contributed by atoms with Gasteiger partial charge in [-0.15, -0.1) is 0 Å². The molecule has 0 spiro atoms. The highest BCUT2D eigenvalue weighted by atomic mass is 16.5. The van der Waals surface area contributed by atoms with Crippen LogP contribution in [0, 0.1) is 5.92 Å². The number of ether oxygens (including phenoxy) is 3. The molecular formula is C23H28N6O5. The first-order chi connectivity index (χ1) is 16.5. The lowest BCUT2D eigenvalue weighted by Crippen LogP contribution is -2.57. The molecule has 0 aliphatic carbocycles. The van der Waals surface area contributed by atoms with Crippen LogP contribution in [0.1, 0.15) is 18.5 Å². The van der Waals surface area contributed by atoms with Crippen LogP contribution in [-0.2, 0) is 14.3 Å². The zero-order valence-electron chi connectivity index (χ0n) is 19.4. The molecule has 0 saturated carbocycles. The van der Waals surface area contributed by atoms with Crippen molar-refractivity contribution in [2.24, 2.45) is 10.9 Å². The molecule has 2 aromatic rings. The van der Waals surface area contributed by atoms with E-state index in [-0.39, 0.29) is 6.61 Å². The van der Waals surface area contributed by atoms with Crippen LogP contribution in [0.5, 0.6) is 11.5 Å². The van der Waals surface area contributed by atoms with Gasteiger partial charge in [0.05, 0.1) is 20.8 Å². The van der Waals surface area contributed by atoms with Crippen LogP contribution in [0.2, 0.25) is 0 Å². The predicted octanol–water partition coefficient (Wildman–Crippen LogP) is 1.02. The lowest BCUT2D eigenvalue weighted by Gasteiger charge is -2.39. The van der Waals surface area contributed by atoms with Crippen LogP contribution in [0.25, 0.3) is 0 Å². The number of hydrogen-bond donors (Lipinski definition) is 1. The second-order valence-electron chi connectivity index (χ2n) is 7.75. The van der Waals surface area contributed by atoms with Crippen molar-refractivity contribution in [3.8, 4) is 11.5 Å². The van der Waals surface area contributed by atoms with E-state index in [4.69, 9.17) is 19.2 Å². The average molecular weight is 469 g/mol. The molecule has 11 heteroatoms. The highest BCUT2D eigenvalue weighted by molar-refractivity contribution is 6.08. The first-order valence-corrected chi connectivity index (χ1v) is 11.1. The van der Waals surface area contributed by atoms with Crippen molar-refractivity contribution < 1.29 is 23.8 Å². The number of benzene rings is 1. The number of aliphatic imine (C=N–C) groups is 1. The number of carbonyl (C=O) groups excluding carboxylic acids is 2. The lowest BCUT2D eigenvalue weighted by molar-refractivity contribution is -0.153. The fraction of sp³-hybridized carbons (Fsp3) is 0.435. The van der Waals surface area contributed by atoms with E-state index in [9.17, 15) is 9.59 Å². The summed E-state index contributed by atoms with van der Waals surface area (Å²) in [6.45, 7) is 4.40. The minimum absolute atomic E-state index is 0.162. The molecule has 1 aromatic heterocycles. The molecule has 11 nitrogen and oxygen atoms in total. The van der Waals surface area contributed by atoms with E-state index in [1.165, 1.54) is 7.11 Å². The molecule has 2 aliphatic heterocycles. The number of amides is 1. The summed E-state index contributed by atoms with van der Waals surface area (Å²) in [5.74, 6) is -0.0663. The summed E-state index contributed by atoms with van der Waals surface area (Å²) >= 11 is 0. The summed E-state index contributed by atoms with van der Waals surface area (Å²) in [7, 11) is 3.08. The molecule has 0 radical (unpaired) electrons. The fourth-order valence-electron chi connectivity index (χ4n) is 4.08. The zero-order valence-corrected chi connectivity index (χ0v) is 19.4. The van der Waals surface area contributed by atoms with Gasteiger partial charge >= 0.3 is 5.97 Å². The van der Waals surface area contributed by atoms with Crippen LogP contribution in [0.4, 0.5) is 5.95 Å². The van der Waals surface area contributed by atoms with Crippen LogP contribution in [-0.4, -0.2) is 79.7 Å². The van der Waals surface area contributed by atoms with Gasteiger partial charge in [0.15, 0.2) is 5.92 Å². The number of anilines is 1. The fourth-order valence-corrected chi connectivity index (χ4v) is 4.08. The normalized spacial score (nSPS) is 20.3. The molecule has 180 valence electrons. The molecule has 3 heterocycles. The maximum atomic E-state index is 13.1. The summed E-state index contributed by atoms with van der Waals surface area (Å²) in [6.07, 6.45) is 3.42. The Balaban J connectivity index is 1.63. The Kier molecular flexibility index (Phi) is 7.09. The first-order valence-electron chi connectivity index (χ1n) is 11.1. The molecule has 1 saturated heterocycles. The average Bonchev–Trinajstić information content (AvgIpc) is 2.88. The number of hydrogen-bond acceptors (Lipinski definition) is 10. The van der Waals surface area contributed by atoms with E-state index in [1.54, 1.807) is 50.7 Å².